The maximum Gasteiger partial charge on any atom is 0.234 e. The van der Waals surface area contributed by atoms with Crippen molar-refractivity contribution in [2.45, 2.75) is 0 Å². The van der Waals surface area contributed by atoms with Crippen LogP contribution in [-0.4, -0.2) is 14.5 Å². The lowest BCUT2D eigenvalue weighted by atomic mass is 10.0. The Morgan fingerprint density at radius 3 is 2.11 bits per heavy atom. The van der Waals surface area contributed by atoms with Crippen molar-refractivity contribution in [2.24, 2.45) is 0 Å². The van der Waals surface area contributed by atoms with Crippen LogP contribution in [0.3, 0.4) is 0 Å². The van der Waals surface area contributed by atoms with E-state index in [1.165, 1.54) is 16.5 Å². The minimum absolute atomic E-state index is 0.679. The second kappa shape index (κ2) is 6.54. The average molecular weight is 347 g/mol. The summed E-state index contributed by atoms with van der Waals surface area (Å²) in [5.41, 5.74) is 5.72. The summed E-state index contributed by atoms with van der Waals surface area (Å²) in [7, 11) is 0. The van der Waals surface area contributed by atoms with Crippen molar-refractivity contribution < 1.29 is 0 Å². The zero-order valence-corrected chi connectivity index (χ0v) is 14.7. The number of hydrogen-bond donors (Lipinski definition) is 0. The molecule has 0 saturated heterocycles. The topological polar surface area (TPSA) is 30.7 Å². The second-order valence-corrected chi connectivity index (χ2v) is 6.42. The molecule has 0 aliphatic rings. The van der Waals surface area contributed by atoms with E-state index in [9.17, 15) is 0 Å². The fourth-order valence-corrected chi connectivity index (χ4v) is 3.48. The summed E-state index contributed by atoms with van der Waals surface area (Å²) >= 11 is 0. The van der Waals surface area contributed by atoms with E-state index in [-0.39, 0.29) is 0 Å². The Morgan fingerprint density at radius 2 is 1.26 bits per heavy atom. The van der Waals surface area contributed by atoms with Crippen LogP contribution in [0.5, 0.6) is 0 Å². The molecule has 3 heteroatoms. The van der Waals surface area contributed by atoms with Crippen LogP contribution < -0.4 is 0 Å². The van der Waals surface area contributed by atoms with Gasteiger partial charge in [-0.1, -0.05) is 66.7 Å². The number of benzene rings is 3. The van der Waals surface area contributed by atoms with Gasteiger partial charge in [-0.15, -0.1) is 0 Å². The Morgan fingerprint density at radius 1 is 0.556 bits per heavy atom. The lowest BCUT2D eigenvalue weighted by Gasteiger charge is -2.10. The van der Waals surface area contributed by atoms with Crippen LogP contribution in [0.2, 0.25) is 0 Å². The van der Waals surface area contributed by atoms with E-state index < -0.39 is 0 Å². The number of hydrogen-bond acceptors (Lipinski definition) is 2. The Balaban J connectivity index is 1.75. The molecule has 0 bridgehead atoms. The number of fused-ring (bicyclic) bond motifs is 1. The first-order valence-corrected chi connectivity index (χ1v) is 8.94. The van der Waals surface area contributed by atoms with Gasteiger partial charge >= 0.3 is 0 Å². The van der Waals surface area contributed by atoms with E-state index in [4.69, 9.17) is 0 Å². The van der Waals surface area contributed by atoms with Gasteiger partial charge in [-0.2, -0.15) is 0 Å². The van der Waals surface area contributed by atoms with Gasteiger partial charge in [0.05, 0.1) is 11.2 Å². The highest BCUT2D eigenvalue weighted by Crippen LogP contribution is 2.32. The Hall–Kier alpha value is -3.72. The molecule has 2 aromatic heterocycles. The molecule has 5 rings (SSSR count). The van der Waals surface area contributed by atoms with Gasteiger partial charge < -0.3 is 0 Å². The maximum atomic E-state index is 4.49. The molecule has 3 aromatic carbocycles. The highest BCUT2D eigenvalue weighted by molar-refractivity contribution is 5.89. The second-order valence-electron chi connectivity index (χ2n) is 6.42. The zero-order valence-electron chi connectivity index (χ0n) is 14.7. The summed E-state index contributed by atoms with van der Waals surface area (Å²) in [5, 5.41) is 1.17. The van der Waals surface area contributed by atoms with E-state index in [1.54, 1.807) is 12.4 Å². The van der Waals surface area contributed by atoms with Gasteiger partial charge in [0.2, 0.25) is 5.95 Å². The van der Waals surface area contributed by atoms with Crippen molar-refractivity contribution in [3.63, 3.8) is 0 Å². The van der Waals surface area contributed by atoms with E-state index in [2.05, 4.69) is 87.3 Å². The molecule has 27 heavy (non-hydrogen) atoms. The summed E-state index contributed by atoms with van der Waals surface area (Å²) in [6.07, 6.45) is 3.56. The van der Waals surface area contributed by atoms with Gasteiger partial charge in [0.15, 0.2) is 0 Å². The number of nitrogens with zero attached hydrogens (tertiary/aromatic N) is 3. The molecule has 0 saturated carbocycles. The molecular formula is C24H17N3. The van der Waals surface area contributed by atoms with Gasteiger partial charge in [-0.25, -0.2) is 9.97 Å². The van der Waals surface area contributed by atoms with Crippen LogP contribution in [-0.2, 0) is 0 Å². The third-order valence-corrected chi connectivity index (χ3v) is 4.73. The third kappa shape index (κ3) is 2.79. The summed E-state index contributed by atoms with van der Waals surface area (Å²) in [6, 6.07) is 31.4. The van der Waals surface area contributed by atoms with Crippen LogP contribution in [0, 0.1) is 0 Å². The van der Waals surface area contributed by atoms with Gasteiger partial charge in [-0.05, 0) is 41.0 Å². The first kappa shape index (κ1) is 15.5. The van der Waals surface area contributed by atoms with Crippen molar-refractivity contribution in [1.29, 1.82) is 0 Å². The molecule has 0 fully saturated rings. The van der Waals surface area contributed by atoms with Gasteiger partial charge in [0.1, 0.15) is 0 Å². The SMILES string of the molecule is c1ccc(-c2cccc(-c3cc4ccccc4n3-c3ncccn3)c2)cc1. The lowest BCUT2D eigenvalue weighted by Crippen LogP contribution is -2.01. The molecule has 0 atom stereocenters. The van der Waals surface area contributed by atoms with Crippen LogP contribution in [0.15, 0.2) is 103 Å². The third-order valence-electron chi connectivity index (χ3n) is 4.73. The van der Waals surface area contributed by atoms with E-state index >= 15 is 0 Å². The molecule has 0 unspecified atom stereocenters. The summed E-state index contributed by atoms with van der Waals surface area (Å²) in [5.74, 6) is 0.679. The molecule has 0 radical (unpaired) electrons. The smallest absolute Gasteiger partial charge is 0.234 e. The van der Waals surface area contributed by atoms with Crippen molar-refractivity contribution in [2.75, 3.05) is 0 Å². The van der Waals surface area contributed by atoms with Crippen molar-refractivity contribution in [3.05, 3.63) is 103 Å². The summed E-state index contributed by atoms with van der Waals surface area (Å²) < 4.78 is 2.12. The number of aromatic nitrogens is 3. The molecule has 0 N–H and O–H groups in total. The number of para-hydroxylation sites is 1. The lowest BCUT2D eigenvalue weighted by molar-refractivity contribution is 0.968. The molecule has 0 amide bonds. The first-order valence-electron chi connectivity index (χ1n) is 8.94. The normalized spacial score (nSPS) is 11.0. The Bertz CT molecular complexity index is 1210. The van der Waals surface area contributed by atoms with Crippen molar-refractivity contribution >= 4 is 10.9 Å². The largest absolute Gasteiger partial charge is 0.278 e. The average Bonchev–Trinajstić information content (AvgIpc) is 3.15. The molecular weight excluding hydrogens is 330 g/mol. The Labute approximate surface area is 157 Å². The van der Waals surface area contributed by atoms with Crippen molar-refractivity contribution in [3.8, 4) is 28.3 Å². The molecule has 0 aliphatic heterocycles. The number of rotatable bonds is 3. The standard InChI is InChI=1S/C24H17N3/c1-2-8-18(9-3-1)19-11-6-12-20(16-19)23-17-21-10-4-5-13-22(21)27(23)24-25-14-7-15-26-24/h1-17H. The molecule has 2 heterocycles. The quantitative estimate of drug-likeness (QED) is 0.416. The highest BCUT2D eigenvalue weighted by Gasteiger charge is 2.14. The van der Waals surface area contributed by atoms with E-state index in [0.29, 0.717) is 5.95 Å². The van der Waals surface area contributed by atoms with Gasteiger partial charge in [0.25, 0.3) is 0 Å². The van der Waals surface area contributed by atoms with Crippen molar-refractivity contribution in [1.82, 2.24) is 14.5 Å². The molecule has 0 spiro atoms. The maximum absolute atomic E-state index is 4.49. The van der Waals surface area contributed by atoms with Crippen LogP contribution in [0.1, 0.15) is 0 Å². The van der Waals surface area contributed by atoms with Crippen LogP contribution in [0.25, 0.3) is 39.2 Å². The fraction of sp³-hybridized carbons (Fsp3) is 0. The molecule has 5 aromatic rings. The van der Waals surface area contributed by atoms with Gasteiger partial charge in [-0.3, -0.25) is 4.57 Å². The van der Waals surface area contributed by atoms with Crippen LogP contribution in [0.4, 0.5) is 0 Å². The predicted octanol–water partition coefficient (Wildman–Crippen LogP) is 5.75. The molecule has 3 nitrogen and oxygen atoms in total. The van der Waals surface area contributed by atoms with E-state index in [0.717, 1.165) is 16.8 Å². The van der Waals surface area contributed by atoms with E-state index in [1.807, 2.05) is 18.2 Å². The summed E-state index contributed by atoms with van der Waals surface area (Å²) in [4.78, 5) is 8.98. The minimum Gasteiger partial charge on any atom is -0.278 e. The monoisotopic (exact) mass is 347 g/mol. The highest BCUT2D eigenvalue weighted by atomic mass is 15.2. The fourth-order valence-electron chi connectivity index (χ4n) is 3.48. The first-order chi connectivity index (χ1) is 13.4. The molecule has 128 valence electrons. The van der Waals surface area contributed by atoms with Gasteiger partial charge in [0, 0.05) is 17.8 Å². The Kier molecular flexibility index (Phi) is 3.76. The van der Waals surface area contributed by atoms with Crippen LogP contribution >= 0.6 is 0 Å². The summed E-state index contributed by atoms with van der Waals surface area (Å²) in [6.45, 7) is 0. The zero-order chi connectivity index (χ0) is 18.1. The minimum atomic E-state index is 0.679. The molecule has 0 aliphatic carbocycles. The predicted molar refractivity (Wildman–Crippen MR) is 110 cm³/mol.